The third-order valence-corrected chi connectivity index (χ3v) is 3.24. The molecule has 2 aromatic carbocycles. The first-order chi connectivity index (χ1) is 9.35. The van der Waals surface area contributed by atoms with Crippen molar-refractivity contribution in [1.82, 2.24) is 5.32 Å². The molecule has 0 saturated heterocycles. The average molecular weight is 255 g/mol. The average Bonchev–Trinajstić information content (AvgIpc) is 2.49. The highest BCUT2D eigenvalue weighted by Crippen LogP contribution is 2.21. The molecule has 0 heterocycles. The van der Waals surface area contributed by atoms with E-state index in [1.807, 2.05) is 18.2 Å². The molecule has 0 amide bonds. The zero-order valence-corrected chi connectivity index (χ0v) is 11.3. The third kappa shape index (κ3) is 3.66. The first-order valence-corrected chi connectivity index (χ1v) is 6.84. The molecule has 0 bridgehead atoms. The molecule has 0 saturated carbocycles. The monoisotopic (exact) mass is 255 g/mol. The van der Waals surface area contributed by atoms with Crippen LogP contribution in [0.2, 0.25) is 0 Å². The molecule has 1 atom stereocenters. The highest BCUT2D eigenvalue weighted by atomic mass is 16.3. The van der Waals surface area contributed by atoms with Crippen LogP contribution in [0, 0.1) is 0 Å². The highest BCUT2D eigenvalue weighted by molar-refractivity contribution is 5.63. The topological polar surface area (TPSA) is 32.3 Å². The highest BCUT2D eigenvalue weighted by Gasteiger charge is 2.08. The Bertz CT molecular complexity index is 478. The second-order valence-corrected chi connectivity index (χ2v) is 4.68. The lowest BCUT2D eigenvalue weighted by Crippen LogP contribution is -2.24. The van der Waals surface area contributed by atoms with E-state index in [0.29, 0.717) is 0 Å². The van der Waals surface area contributed by atoms with Crippen LogP contribution in [-0.2, 0) is 0 Å². The molecule has 0 aliphatic carbocycles. The predicted molar refractivity (Wildman–Crippen MR) is 80.0 cm³/mol. The lowest BCUT2D eigenvalue weighted by atomic mass is 10.0. The van der Waals surface area contributed by atoms with Crippen LogP contribution in [0.5, 0.6) is 0 Å². The second-order valence-electron chi connectivity index (χ2n) is 4.68. The summed E-state index contributed by atoms with van der Waals surface area (Å²) in [5, 5.41) is 12.8. The van der Waals surface area contributed by atoms with Crippen LogP contribution in [0.4, 0.5) is 0 Å². The molecule has 1 unspecified atom stereocenters. The summed E-state index contributed by atoms with van der Waals surface area (Å²) in [4.78, 5) is 0. The number of benzene rings is 2. The van der Waals surface area contributed by atoms with Gasteiger partial charge in [0, 0.05) is 0 Å². The van der Waals surface area contributed by atoms with Gasteiger partial charge in [0.1, 0.15) is 0 Å². The largest absolute Gasteiger partial charge is 0.394 e. The van der Waals surface area contributed by atoms with E-state index >= 15 is 0 Å². The summed E-state index contributed by atoms with van der Waals surface area (Å²) in [5.74, 6) is 0. The van der Waals surface area contributed by atoms with Gasteiger partial charge < -0.3 is 10.4 Å². The lowest BCUT2D eigenvalue weighted by molar-refractivity contribution is 0.245. The summed E-state index contributed by atoms with van der Waals surface area (Å²) in [6.45, 7) is 3.18. The molecule has 19 heavy (non-hydrogen) atoms. The summed E-state index contributed by atoms with van der Waals surface area (Å²) in [6, 6.07) is 18.8. The minimum Gasteiger partial charge on any atom is -0.394 e. The molecule has 0 radical (unpaired) electrons. The molecule has 100 valence electrons. The van der Waals surface area contributed by atoms with E-state index in [4.69, 9.17) is 0 Å². The lowest BCUT2D eigenvalue weighted by Gasteiger charge is -2.16. The molecule has 2 nitrogen and oxygen atoms in total. The number of nitrogens with one attached hydrogen (secondary N) is 1. The number of aliphatic hydroxyl groups is 1. The number of rotatable bonds is 6. The van der Waals surface area contributed by atoms with Crippen LogP contribution in [-0.4, -0.2) is 18.3 Å². The van der Waals surface area contributed by atoms with Gasteiger partial charge in [-0.05, 0) is 29.7 Å². The zero-order chi connectivity index (χ0) is 13.5. The summed E-state index contributed by atoms with van der Waals surface area (Å²) >= 11 is 0. The van der Waals surface area contributed by atoms with Crippen molar-refractivity contribution in [2.24, 2.45) is 0 Å². The third-order valence-electron chi connectivity index (χ3n) is 3.24. The van der Waals surface area contributed by atoms with E-state index in [0.717, 1.165) is 18.5 Å². The minimum absolute atomic E-state index is 0.0322. The first-order valence-electron chi connectivity index (χ1n) is 6.84. The van der Waals surface area contributed by atoms with Crippen molar-refractivity contribution in [2.45, 2.75) is 19.4 Å². The summed E-state index contributed by atoms with van der Waals surface area (Å²) < 4.78 is 0. The van der Waals surface area contributed by atoms with Gasteiger partial charge >= 0.3 is 0 Å². The van der Waals surface area contributed by atoms with E-state index in [1.54, 1.807) is 0 Å². The molecule has 0 aliphatic heterocycles. The Morgan fingerprint density at radius 3 is 2.16 bits per heavy atom. The summed E-state index contributed by atoms with van der Waals surface area (Å²) in [6.07, 6.45) is 1.07. The van der Waals surface area contributed by atoms with Crippen molar-refractivity contribution < 1.29 is 5.11 Å². The number of hydrogen-bond donors (Lipinski definition) is 2. The maximum absolute atomic E-state index is 9.43. The summed E-state index contributed by atoms with van der Waals surface area (Å²) in [5.41, 5.74) is 3.56. The minimum atomic E-state index is 0.0322. The molecule has 0 fully saturated rings. The Labute approximate surface area is 115 Å². The molecule has 2 rings (SSSR count). The molecular weight excluding hydrogens is 234 g/mol. The van der Waals surface area contributed by atoms with Gasteiger partial charge in [0.25, 0.3) is 0 Å². The smallest absolute Gasteiger partial charge is 0.0626 e. The fourth-order valence-electron chi connectivity index (χ4n) is 2.14. The van der Waals surface area contributed by atoms with E-state index in [1.165, 1.54) is 11.1 Å². The maximum atomic E-state index is 9.43. The molecule has 0 aromatic heterocycles. The van der Waals surface area contributed by atoms with Crippen LogP contribution in [0.1, 0.15) is 24.9 Å². The maximum Gasteiger partial charge on any atom is 0.0626 e. The van der Waals surface area contributed by atoms with Gasteiger partial charge in [-0.25, -0.2) is 0 Å². The molecule has 2 aromatic rings. The Kier molecular flexibility index (Phi) is 5.13. The van der Waals surface area contributed by atoms with Crippen molar-refractivity contribution in [3.63, 3.8) is 0 Å². The SMILES string of the molecule is CCCNC(CO)c1ccc(-c2ccccc2)cc1. The fourth-order valence-corrected chi connectivity index (χ4v) is 2.14. The van der Waals surface area contributed by atoms with Crippen molar-refractivity contribution in [3.8, 4) is 11.1 Å². The first kappa shape index (κ1) is 13.8. The zero-order valence-electron chi connectivity index (χ0n) is 11.3. The Morgan fingerprint density at radius 1 is 0.947 bits per heavy atom. The molecule has 2 N–H and O–H groups in total. The molecule has 0 aliphatic rings. The Morgan fingerprint density at radius 2 is 1.58 bits per heavy atom. The van der Waals surface area contributed by atoms with Crippen LogP contribution >= 0.6 is 0 Å². The standard InChI is InChI=1S/C17H21NO/c1-2-12-18-17(13-19)16-10-8-15(9-11-16)14-6-4-3-5-7-14/h3-11,17-19H,2,12-13H2,1H3. The van der Waals surface area contributed by atoms with E-state index in [2.05, 4.69) is 48.6 Å². The van der Waals surface area contributed by atoms with Gasteiger partial charge in [0.15, 0.2) is 0 Å². The second kappa shape index (κ2) is 7.07. The van der Waals surface area contributed by atoms with Crippen molar-refractivity contribution >= 4 is 0 Å². The van der Waals surface area contributed by atoms with E-state index < -0.39 is 0 Å². The van der Waals surface area contributed by atoms with Gasteiger partial charge in [-0.2, -0.15) is 0 Å². The predicted octanol–water partition coefficient (Wildman–Crippen LogP) is 3.39. The van der Waals surface area contributed by atoms with Crippen LogP contribution in [0.25, 0.3) is 11.1 Å². The summed E-state index contributed by atoms with van der Waals surface area (Å²) in [7, 11) is 0. The number of aliphatic hydroxyl groups excluding tert-OH is 1. The van der Waals surface area contributed by atoms with Gasteiger partial charge in [0.2, 0.25) is 0 Å². The quantitative estimate of drug-likeness (QED) is 0.829. The van der Waals surface area contributed by atoms with Crippen LogP contribution in [0.15, 0.2) is 54.6 Å². The van der Waals surface area contributed by atoms with Gasteiger partial charge in [-0.3, -0.25) is 0 Å². The van der Waals surface area contributed by atoms with Crippen molar-refractivity contribution in [2.75, 3.05) is 13.2 Å². The number of hydrogen-bond acceptors (Lipinski definition) is 2. The van der Waals surface area contributed by atoms with Crippen molar-refractivity contribution in [1.29, 1.82) is 0 Å². The Balaban J connectivity index is 2.13. The van der Waals surface area contributed by atoms with Crippen molar-refractivity contribution in [3.05, 3.63) is 60.2 Å². The van der Waals surface area contributed by atoms with E-state index in [-0.39, 0.29) is 12.6 Å². The normalized spacial score (nSPS) is 12.3. The molecule has 0 spiro atoms. The van der Waals surface area contributed by atoms with Gasteiger partial charge in [0.05, 0.1) is 12.6 Å². The van der Waals surface area contributed by atoms with Crippen LogP contribution < -0.4 is 5.32 Å². The molecular formula is C17H21NO. The van der Waals surface area contributed by atoms with Gasteiger partial charge in [-0.1, -0.05) is 61.5 Å². The molecule has 2 heteroatoms. The van der Waals surface area contributed by atoms with Crippen LogP contribution in [0.3, 0.4) is 0 Å². The van der Waals surface area contributed by atoms with Gasteiger partial charge in [-0.15, -0.1) is 0 Å². The fraction of sp³-hybridized carbons (Fsp3) is 0.294. The van der Waals surface area contributed by atoms with E-state index in [9.17, 15) is 5.11 Å². The Hall–Kier alpha value is -1.64.